The largest absolute Gasteiger partial charge is 0.364 e. The summed E-state index contributed by atoms with van der Waals surface area (Å²) in [6, 6.07) is 8.27. The maximum atomic E-state index is 12.3. The molecule has 1 fully saturated rings. The van der Waals surface area contributed by atoms with Gasteiger partial charge in [-0.15, -0.1) is 12.4 Å². The van der Waals surface area contributed by atoms with Gasteiger partial charge in [-0.1, -0.05) is 24.3 Å². The lowest BCUT2D eigenvalue weighted by molar-refractivity contribution is -0.133. The molecule has 0 saturated carbocycles. The lowest BCUT2D eigenvalue weighted by atomic mass is 9.92. The van der Waals surface area contributed by atoms with E-state index in [9.17, 15) is 4.79 Å². The van der Waals surface area contributed by atoms with Gasteiger partial charge in [-0.3, -0.25) is 4.79 Å². The first-order valence-electron chi connectivity index (χ1n) is 7.63. The van der Waals surface area contributed by atoms with Crippen LogP contribution in [0.3, 0.4) is 0 Å². The number of aryl methyl sites for hydroxylation is 1. The second-order valence-corrected chi connectivity index (χ2v) is 6.54. The Bertz CT molecular complexity index is 505. The van der Waals surface area contributed by atoms with Crippen LogP contribution in [0.4, 0.5) is 0 Å². The molecular formula is C17H27ClN2O2. The summed E-state index contributed by atoms with van der Waals surface area (Å²) in [5.41, 5.74) is 7.80. The van der Waals surface area contributed by atoms with Gasteiger partial charge in [0.05, 0.1) is 6.10 Å². The number of hydrogen-bond donors (Lipinski definition) is 2. The Labute approximate surface area is 139 Å². The van der Waals surface area contributed by atoms with E-state index < -0.39 is 0 Å². The van der Waals surface area contributed by atoms with Gasteiger partial charge in [-0.2, -0.15) is 0 Å². The Hall–Kier alpha value is -1.10. The van der Waals surface area contributed by atoms with E-state index in [1.807, 2.05) is 26.0 Å². The highest BCUT2D eigenvalue weighted by molar-refractivity contribution is 5.85. The summed E-state index contributed by atoms with van der Waals surface area (Å²) in [5.74, 6) is -0.0236. The average Bonchev–Trinajstić information content (AvgIpc) is 2.89. The molecule has 0 aliphatic carbocycles. The predicted molar refractivity (Wildman–Crippen MR) is 91.3 cm³/mol. The normalized spacial score (nSPS) is 21.3. The molecule has 1 aromatic rings. The molecule has 2 rings (SSSR count). The summed E-state index contributed by atoms with van der Waals surface area (Å²) in [7, 11) is 0. The fourth-order valence-corrected chi connectivity index (χ4v) is 2.81. The molecule has 0 bridgehead atoms. The highest BCUT2D eigenvalue weighted by Gasteiger charge is 2.32. The molecule has 1 saturated heterocycles. The lowest BCUT2D eigenvalue weighted by Crippen LogP contribution is -2.49. The number of carbonyl (C=O) groups is 1. The number of carbonyl (C=O) groups excluding carboxylic acids is 1. The van der Waals surface area contributed by atoms with Crippen molar-refractivity contribution < 1.29 is 9.53 Å². The van der Waals surface area contributed by atoms with E-state index in [0.717, 1.165) is 19.3 Å². The van der Waals surface area contributed by atoms with Gasteiger partial charge in [0, 0.05) is 12.1 Å². The van der Waals surface area contributed by atoms with Crippen molar-refractivity contribution in [3.05, 3.63) is 35.4 Å². The van der Waals surface area contributed by atoms with E-state index in [0.29, 0.717) is 6.54 Å². The third kappa shape index (κ3) is 4.97. The SMILES string of the molecule is Cc1ccccc1CC(C)(C)NC(=O)[C@@H]1CC[C@H](CN)O1.Cl. The second-order valence-electron chi connectivity index (χ2n) is 6.54. The molecule has 22 heavy (non-hydrogen) atoms. The Morgan fingerprint density at radius 1 is 1.36 bits per heavy atom. The van der Waals surface area contributed by atoms with Gasteiger partial charge in [0.25, 0.3) is 0 Å². The first kappa shape index (κ1) is 18.9. The lowest BCUT2D eigenvalue weighted by Gasteiger charge is -2.28. The molecular weight excluding hydrogens is 300 g/mol. The van der Waals surface area contributed by atoms with Crippen LogP contribution in [0.1, 0.15) is 37.8 Å². The van der Waals surface area contributed by atoms with Crippen LogP contribution in [-0.2, 0) is 16.0 Å². The number of rotatable bonds is 5. The zero-order valence-corrected chi connectivity index (χ0v) is 14.4. The predicted octanol–water partition coefficient (Wildman–Crippen LogP) is 2.36. The summed E-state index contributed by atoms with van der Waals surface area (Å²) >= 11 is 0. The molecule has 4 nitrogen and oxygen atoms in total. The number of amides is 1. The first-order valence-corrected chi connectivity index (χ1v) is 7.63. The van der Waals surface area contributed by atoms with Gasteiger partial charge in [0.1, 0.15) is 6.10 Å². The van der Waals surface area contributed by atoms with Crippen LogP contribution in [0.15, 0.2) is 24.3 Å². The molecule has 0 unspecified atom stereocenters. The molecule has 0 spiro atoms. The molecule has 1 aliphatic rings. The van der Waals surface area contributed by atoms with Crippen molar-refractivity contribution in [1.82, 2.24) is 5.32 Å². The van der Waals surface area contributed by atoms with Crippen LogP contribution in [0.5, 0.6) is 0 Å². The number of nitrogens with two attached hydrogens (primary N) is 1. The summed E-state index contributed by atoms with van der Waals surface area (Å²) in [6.45, 7) is 6.68. The average molecular weight is 327 g/mol. The van der Waals surface area contributed by atoms with Gasteiger partial charge in [0.2, 0.25) is 5.91 Å². The second kappa shape index (κ2) is 7.95. The van der Waals surface area contributed by atoms with Crippen LogP contribution in [0.2, 0.25) is 0 Å². The minimum atomic E-state index is -0.352. The van der Waals surface area contributed by atoms with E-state index in [1.54, 1.807) is 0 Å². The Morgan fingerprint density at radius 3 is 2.64 bits per heavy atom. The maximum absolute atomic E-state index is 12.3. The van der Waals surface area contributed by atoms with Crippen LogP contribution >= 0.6 is 12.4 Å². The van der Waals surface area contributed by atoms with Crippen molar-refractivity contribution >= 4 is 18.3 Å². The molecule has 1 amide bonds. The van der Waals surface area contributed by atoms with E-state index >= 15 is 0 Å². The van der Waals surface area contributed by atoms with Gasteiger partial charge >= 0.3 is 0 Å². The summed E-state index contributed by atoms with van der Waals surface area (Å²) in [4.78, 5) is 12.3. The third-order valence-corrected chi connectivity index (χ3v) is 4.02. The molecule has 3 N–H and O–H groups in total. The number of ether oxygens (including phenoxy) is 1. The highest BCUT2D eigenvalue weighted by Crippen LogP contribution is 2.21. The van der Waals surface area contributed by atoms with Gasteiger partial charge < -0.3 is 15.8 Å². The smallest absolute Gasteiger partial charge is 0.249 e. The summed E-state index contributed by atoms with van der Waals surface area (Å²) in [6.07, 6.45) is 2.11. The maximum Gasteiger partial charge on any atom is 0.249 e. The molecule has 2 atom stereocenters. The van der Waals surface area contributed by atoms with Crippen LogP contribution < -0.4 is 11.1 Å². The minimum absolute atomic E-state index is 0. The zero-order valence-electron chi connectivity index (χ0n) is 13.6. The monoisotopic (exact) mass is 326 g/mol. The van der Waals surface area contributed by atoms with Crippen molar-refractivity contribution in [2.45, 2.75) is 57.8 Å². The van der Waals surface area contributed by atoms with Gasteiger partial charge in [0.15, 0.2) is 0 Å². The Balaban J connectivity index is 0.00000242. The fourth-order valence-electron chi connectivity index (χ4n) is 2.81. The Kier molecular flexibility index (Phi) is 6.85. The van der Waals surface area contributed by atoms with Crippen molar-refractivity contribution in [3.63, 3.8) is 0 Å². The molecule has 0 aromatic heterocycles. The van der Waals surface area contributed by atoms with Crippen LogP contribution in [0.25, 0.3) is 0 Å². The minimum Gasteiger partial charge on any atom is -0.364 e. The number of halogens is 1. The molecule has 1 aromatic carbocycles. The van der Waals surface area contributed by atoms with Gasteiger partial charge in [-0.05, 0) is 51.2 Å². The van der Waals surface area contributed by atoms with E-state index in [2.05, 4.69) is 24.4 Å². The topological polar surface area (TPSA) is 64.4 Å². The highest BCUT2D eigenvalue weighted by atomic mass is 35.5. The summed E-state index contributed by atoms with van der Waals surface area (Å²) in [5, 5.41) is 3.11. The van der Waals surface area contributed by atoms with Crippen LogP contribution in [0, 0.1) is 6.92 Å². The number of nitrogens with one attached hydrogen (secondary N) is 1. The van der Waals surface area contributed by atoms with Crippen LogP contribution in [-0.4, -0.2) is 30.2 Å². The van der Waals surface area contributed by atoms with E-state index in [1.165, 1.54) is 11.1 Å². The fraction of sp³-hybridized carbons (Fsp3) is 0.588. The molecule has 0 radical (unpaired) electrons. The zero-order chi connectivity index (χ0) is 15.5. The first-order chi connectivity index (χ1) is 9.91. The van der Waals surface area contributed by atoms with Crippen molar-refractivity contribution in [3.8, 4) is 0 Å². The third-order valence-electron chi connectivity index (χ3n) is 4.02. The Morgan fingerprint density at radius 2 is 2.05 bits per heavy atom. The van der Waals surface area contributed by atoms with Gasteiger partial charge in [-0.25, -0.2) is 0 Å². The number of benzene rings is 1. The standard InChI is InChI=1S/C17H26N2O2.ClH/c1-12-6-4-5-7-13(12)10-17(2,3)19-16(20)15-9-8-14(11-18)21-15;/h4-7,14-15H,8-11,18H2,1-3H3,(H,19,20);1H/t14-,15+;/m1./s1. The van der Waals surface area contributed by atoms with E-state index in [-0.39, 0.29) is 36.1 Å². The molecule has 1 aliphatic heterocycles. The summed E-state index contributed by atoms with van der Waals surface area (Å²) < 4.78 is 5.66. The van der Waals surface area contributed by atoms with Crippen molar-refractivity contribution in [2.75, 3.05) is 6.54 Å². The molecule has 5 heteroatoms. The molecule has 124 valence electrons. The quantitative estimate of drug-likeness (QED) is 0.873. The van der Waals surface area contributed by atoms with E-state index in [4.69, 9.17) is 10.5 Å². The van der Waals surface area contributed by atoms with Crippen molar-refractivity contribution in [2.24, 2.45) is 5.73 Å². The van der Waals surface area contributed by atoms with Crippen molar-refractivity contribution in [1.29, 1.82) is 0 Å². The number of hydrogen-bond acceptors (Lipinski definition) is 3. The molecule has 1 heterocycles.